The molecule has 0 fully saturated rings. The van der Waals surface area contributed by atoms with Gasteiger partial charge < -0.3 is 14.6 Å². The number of aromatic nitrogens is 3. The Bertz CT molecular complexity index is 624. The molecule has 0 unspecified atom stereocenters. The summed E-state index contributed by atoms with van der Waals surface area (Å²) < 4.78 is 6.30. The van der Waals surface area contributed by atoms with Crippen LogP contribution in [0.5, 0.6) is 0 Å². The van der Waals surface area contributed by atoms with Crippen LogP contribution in [0.25, 0.3) is 0 Å². The van der Waals surface area contributed by atoms with Crippen LogP contribution in [0.15, 0.2) is 22.7 Å². The third-order valence-electron chi connectivity index (χ3n) is 2.62. The standard InChI is InChI=1S/C12H14N4O3S2/c1-16-9(6-13-11(18)8-4-3-5-20-8)14-15-12(16)21-7-10(17)19-2/h3-5H,6-7H2,1-2H3,(H,13,18). The molecule has 2 heterocycles. The Labute approximate surface area is 129 Å². The number of nitrogens with zero attached hydrogens (tertiary/aromatic N) is 3. The van der Waals surface area contributed by atoms with Crippen LogP contribution in [0.1, 0.15) is 15.5 Å². The molecule has 1 amide bonds. The molecule has 0 aliphatic carbocycles. The molecule has 1 N–H and O–H groups in total. The van der Waals surface area contributed by atoms with Gasteiger partial charge >= 0.3 is 5.97 Å². The first-order valence-corrected chi connectivity index (χ1v) is 7.88. The fourth-order valence-electron chi connectivity index (χ4n) is 1.46. The Kier molecular flexibility index (Phi) is 5.34. The van der Waals surface area contributed by atoms with Gasteiger partial charge in [0.05, 0.1) is 24.3 Å². The number of hydrogen-bond donors (Lipinski definition) is 1. The number of carbonyl (C=O) groups is 2. The van der Waals surface area contributed by atoms with E-state index >= 15 is 0 Å². The van der Waals surface area contributed by atoms with Crippen LogP contribution < -0.4 is 5.32 Å². The molecule has 0 aromatic carbocycles. The van der Waals surface area contributed by atoms with Crippen LogP contribution in [0.4, 0.5) is 0 Å². The summed E-state index contributed by atoms with van der Waals surface area (Å²) in [6.45, 7) is 0.277. The lowest BCUT2D eigenvalue weighted by atomic mass is 10.4. The highest BCUT2D eigenvalue weighted by molar-refractivity contribution is 7.99. The van der Waals surface area contributed by atoms with Crippen LogP contribution in [-0.4, -0.2) is 39.5 Å². The zero-order chi connectivity index (χ0) is 15.2. The summed E-state index contributed by atoms with van der Waals surface area (Å²) in [5, 5.41) is 13.2. The van der Waals surface area contributed by atoms with E-state index in [2.05, 4.69) is 20.3 Å². The number of thiophene rings is 1. The van der Waals surface area contributed by atoms with Gasteiger partial charge in [0.25, 0.3) is 5.91 Å². The average Bonchev–Trinajstić information content (AvgIpc) is 3.13. The summed E-state index contributed by atoms with van der Waals surface area (Å²) >= 11 is 2.62. The summed E-state index contributed by atoms with van der Waals surface area (Å²) in [5.74, 6) is 0.323. The second-order valence-corrected chi connectivity index (χ2v) is 5.87. The first kappa shape index (κ1) is 15.5. The molecule has 2 rings (SSSR count). The molecule has 0 saturated heterocycles. The second kappa shape index (κ2) is 7.23. The smallest absolute Gasteiger partial charge is 0.316 e. The summed E-state index contributed by atoms with van der Waals surface area (Å²) in [6, 6.07) is 3.58. The number of carbonyl (C=O) groups excluding carboxylic acids is 2. The van der Waals surface area contributed by atoms with Crippen LogP contribution in [0, 0.1) is 0 Å². The largest absolute Gasteiger partial charge is 0.468 e. The Morgan fingerprint density at radius 1 is 1.48 bits per heavy atom. The first-order valence-electron chi connectivity index (χ1n) is 6.01. The van der Waals surface area contributed by atoms with Gasteiger partial charge in [0, 0.05) is 7.05 Å². The van der Waals surface area contributed by atoms with E-state index in [1.165, 1.54) is 30.2 Å². The second-order valence-electron chi connectivity index (χ2n) is 3.98. The van der Waals surface area contributed by atoms with Gasteiger partial charge in [0.2, 0.25) is 0 Å². The maximum Gasteiger partial charge on any atom is 0.316 e. The van der Waals surface area contributed by atoms with Crippen molar-refractivity contribution < 1.29 is 14.3 Å². The van der Waals surface area contributed by atoms with Gasteiger partial charge in [-0.3, -0.25) is 9.59 Å². The molecule has 0 radical (unpaired) electrons. The Morgan fingerprint density at radius 2 is 2.29 bits per heavy atom. The van der Waals surface area contributed by atoms with Crippen molar-refractivity contribution in [1.82, 2.24) is 20.1 Å². The fraction of sp³-hybridized carbons (Fsp3) is 0.333. The number of esters is 1. The molecule has 0 saturated carbocycles. The van der Waals surface area contributed by atoms with Gasteiger partial charge in [0.1, 0.15) is 0 Å². The predicted molar refractivity (Wildman–Crippen MR) is 79.2 cm³/mol. The van der Waals surface area contributed by atoms with Gasteiger partial charge in [-0.2, -0.15) is 0 Å². The number of ether oxygens (including phenoxy) is 1. The van der Waals surface area contributed by atoms with E-state index in [1.54, 1.807) is 17.7 Å². The molecule has 112 valence electrons. The van der Waals surface area contributed by atoms with Crippen LogP contribution >= 0.6 is 23.1 Å². The van der Waals surface area contributed by atoms with Crippen molar-refractivity contribution in [2.75, 3.05) is 12.9 Å². The fourth-order valence-corrected chi connectivity index (χ4v) is 2.86. The third kappa shape index (κ3) is 4.05. The molecule has 7 nitrogen and oxygen atoms in total. The quantitative estimate of drug-likeness (QED) is 0.631. The van der Waals surface area contributed by atoms with E-state index in [4.69, 9.17) is 0 Å². The molecule has 2 aromatic heterocycles. The van der Waals surface area contributed by atoms with E-state index in [0.29, 0.717) is 15.9 Å². The third-order valence-corrected chi connectivity index (χ3v) is 4.49. The van der Waals surface area contributed by atoms with E-state index in [1.807, 2.05) is 11.4 Å². The Balaban J connectivity index is 1.91. The molecule has 0 aliphatic rings. The van der Waals surface area contributed by atoms with Crippen molar-refractivity contribution >= 4 is 35.0 Å². The lowest BCUT2D eigenvalue weighted by Gasteiger charge is -2.04. The normalized spacial score (nSPS) is 10.4. The molecule has 9 heteroatoms. The Hall–Kier alpha value is -1.87. The number of amides is 1. The van der Waals surface area contributed by atoms with Crippen LogP contribution in [0.3, 0.4) is 0 Å². The number of rotatable bonds is 6. The lowest BCUT2D eigenvalue weighted by molar-refractivity contribution is -0.137. The van der Waals surface area contributed by atoms with Gasteiger partial charge in [-0.15, -0.1) is 21.5 Å². The minimum atomic E-state index is -0.324. The van der Waals surface area contributed by atoms with Crippen molar-refractivity contribution in [1.29, 1.82) is 0 Å². The van der Waals surface area contributed by atoms with Gasteiger partial charge in [-0.05, 0) is 11.4 Å². The molecular weight excluding hydrogens is 312 g/mol. The summed E-state index contributed by atoms with van der Waals surface area (Å²) in [4.78, 5) is 23.6. The monoisotopic (exact) mass is 326 g/mol. The summed E-state index contributed by atoms with van der Waals surface area (Å²) in [6.07, 6.45) is 0. The number of nitrogens with one attached hydrogen (secondary N) is 1. The van der Waals surface area contributed by atoms with Crippen LogP contribution in [-0.2, 0) is 23.1 Å². The highest BCUT2D eigenvalue weighted by Gasteiger charge is 2.13. The van der Waals surface area contributed by atoms with E-state index in [9.17, 15) is 9.59 Å². The minimum absolute atomic E-state index is 0.142. The maximum atomic E-state index is 11.8. The molecule has 0 spiro atoms. The van der Waals surface area contributed by atoms with E-state index < -0.39 is 0 Å². The van der Waals surface area contributed by atoms with Crippen molar-refractivity contribution in [2.45, 2.75) is 11.7 Å². The zero-order valence-corrected chi connectivity index (χ0v) is 13.2. The summed E-state index contributed by atoms with van der Waals surface area (Å²) in [5.41, 5.74) is 0. The Morgan fingerprint density at radius 3 is 2.95 bits per heavy atom. The van der Waals surface area contributed by atoms with Crippen LogP contribution in [0.2, 0.25) is 0 Å². The number of thioether (sulfide) groups is 1. The van der Waals surface area contributed by atoms with Crippen molar-refractivity contribution in [3.05, 3.63) is 28.2 Å². The van der Waals surface area contributed by atoms with E-state index in [-0.39, 0.29) is 24.2 Å². The topological polar surface area (TPSA) is 86.1 Å². The molecule has 2 aromatic rings. The van der Waals surface area contributed by atoms with E-state index in [0.717, 1.165) is 0 Å². The minimum Gasteiger partial charge on any atom is -0.468 e. The van der Waals surface area contributed by atoms with Crippen molar-refractivity contribution in [3.8, 4) is 0 Å². The molecular formula is C12H14N4O3S2. The highest BCUT2D eigenvalue weighted by atomic mass is 32.2. The predicted octanol–water partition coefficient (Wildman–Crippen LogP) is 1.07. The van der Waals surface area contributed by atoms with Gasteiger partial charge in [-0.1, -0.05) is 17.8 Å². The van der Waals surface area contributed by atoms with Crippen molar-refractivity contribution in [3.63, 3.8) is 0 Å². The van der Waals surface area contributed by atoms with Crippen molar-refractivity contribution in [2.24, 2.45) is 7.05 Å². The first-order chi connectivity index (χ1) is 10.1. The highest BCUT2D eigenvalue weighted by Crippen LogP contribution is 2.15. The van der Waals surface area contributed by atoms with Gasteiger partial charge in [0.15, 0.2) is 11.0 Å². The summed E-state index contributed by atoms with van der Waals surface area (Å²) in [7, 11) is 3.12. The average molecular weight is 326 g/mol. The number of hydrogen-bond acceptors (Lipinski definition) is 7. The number of methoxy groups -OCH3 is 1. The SMILES string of the molecule is COC(=O)CSc1nnc(CNC(=O)c2cccs2)n1C. The maximum absolute atomic E-state index is 11.8. The molecule has 0 atom stereocenters. The lowest BCUT2D eigenvalue weighted by Crippen LogP contribution is -2.23. The molecule has 0 bridgehead atoms. The van der Waals surface area contributed by atoms with Gasteiger partial charge in [-0.25, -0.2) is 0 Å². The zero-order valence-electron chi connectivity index (χ0n) is 11.5. The molecule has 21 heavy (non-hydrogen) atoms. The molecule has 0 aliphatic heterocycles.